The van der Waals surface area contributed by atoms with Crippen molar-refractivity contribution in [1.29, 1.82) is 0 Å². The van der Waals surface area contributed by atoms with Gasteiger partial charge in [-0.1, -0.05) is 12.8 Å². The number of benzene rings is 1. The molecule has 2 fully saturated rings. The number of nitro groups is 2. The number of carbonyl (C=O) groups is 1. The minimum atomic E-state index is -0.750. The summed E-state index contributed by atoms with van der Waals surface area (Å²) in [7, 11) is 0. The van der Waals surface area contributed by atoms with Crippen molar-refractivity contribution < 1.29 is 19.7 Å². The zero-order valence-electron chi connectivity index (χ0n) is 13.6. The van der Waals surface area contributed by atoms with Crippen LogP contribution >= 0.6 is 0 Å². The number of piperidine rings is 1. The van der Waals surface area contributed by atoms with Gasteiger partial charge in [0.05, 0.1) is 27.1 Å². The van der Waals surface area contributed by atoms with Gasteiger partial charge in [-0.15, -0.1) is 0 Å². The Morgan fingerprint density at radius 2 is 1.76 bits per heavy atom. The van der Waals surface area contributed by atoms with Gasteiger partial charge in [-0.2, -0.15) is 0 Å². The normalized spacial score (nSPS) is 26.0. The molecule has 2 aliphatic rings. The molecule has 2 atom stereocenters. The number of nitrogens with zero attached hydrogens (tertiary/aromatic N) is 3. The molecule has 1 aromatic carbocycles. The molecule has 1 heterocycles. The van der Waals surface area contributed by atoms with Gasteiger partial charge in [0, 0.05) is 31.1 Å². The molecule has 0 spiro atoms. The number of hydrogen-bond acceptors (Lipinski definition) is 6. The summed E-state index contributed by atoms with van der Waals surface area (Å²) in [5, 5.41) is 32.6. The number of carbonyl (C=O) groups excluding carboxylic acids is 1. The van der Waals surface area contributed by atoms with Crippen molar-refractivity contribution in [2.75, 3.05) is 13.1 Å². The predicted octanol–water partition coefficient (Wildman–Crippen LogP) is 2.27. The molecule has 1 saturated heterocycles. The fourth-order valence-electron chi connectivity index (χ4n) is 3.87. The molecule has 1 aromatic rings. The summed E-state index contributed by atoms with van der Waals surface area (Å²) in [6, 6.07) is 2.97. The number of fused-ring (bicyclic) bond motifs is 1. The van der Waals surface area contributed by atoms with Gasteiger partial charge in [-0.3, -0.25) is 25.0 Å². The van der Waals surface area contributed by atoms with E-state index in [-0.39, 0.29) is 11.5 Å². The first kappa shape index (κ1) is 17.3. The molecule has 25 heavy (non-hydrogen) atoms. The number of amides is 1. The Kier molecular flexibility index (Phi) is 4.42. The molecule has 0 unspecified atom stereocenters. The molecule has 0 bridgehead atoms. The van der Waals surface area contributed by atoms with Crippen LogP contribution < -0.4 is 0 Å². The van der Waals surface area contributed by atoms with Crippen LogP contribution in [0.1, 0.15) is 42.5 Å². The van der Waals surface area contributed by atoms with Gasteiger partial charge in [-0.25, -0.2) is 0 Å². The summed E-state index contributed by atoms with van der Waals surface area (Å²) in [6.45, 7) is 0.703. The van der Waals surface area contributed by atoms with Crippen LogP contribution in [0, 0.1) is 26.1 Å². The molecule has 9 nitrogen and oxygen atoms in total. The average Bonchev–Trinajstić information content (AvgIpc) is 2.59. The van der Waals surface area contributed by atoms with Crippen LogP contribution in [0.15, 0.2) is 18.2 Å². The molecule has 1 saturated carbocycles. The first-order valence-electron chi connectivity index (χ1n) is 8.26. The predicted molar refractivity (Wildman–Crippen MR) is 87.2 cm³/mol. The van der Waals surface area contributed by atoms with Gasteiger partial charge in [-0.05, 0) is 19.3 Å². The first-order chi connectivity index (χ1) is 11.8. The molecule has 1 aliphatic heterocycles. The quantitative estimate of drug-likeness (QED) is 0.659. The number of likely N-dealkylation sites (tertiary alicyclic amines) is 1. The van der Waals surface area contributed by atoms with E-state index < -0.39 is 32.7 Å². The van der Waals surface area contributed by atoms with E-state index in [2.05, 4.69) is 0 Å². The van der Waals surface area contributed by atoms with Gasteiger partial charge in [0.1, 0.15) is 0 Å². The van der Waals surface area contributed by atoms with Crippen molar-refractivity contribution >= 4 is 17.3 Å². The molecular formula is C16H19N3O6. The molecule has 9 heteroatoms. The summed E-state index contributed by atoms with van der Waals surface area (Å²) in [6.07, 6.45) is 3.98. The molecule has 1 aliphatic carbocycles. The smallest absolute Gasteiger partial charge is 0.277 e. The third-order valence-corrected chi connectivity index (χ3v) is 5.29. The van der Waals surface area contributed by atoms with Crippen molar-refractivity contribution in [3.8, 4) is 0 Å². The zero-order chi connectivity index (χ0) is 18.2. The number of non-ortho nitro benzene ring substituents is 2. The van der Waals surface area contributed by atoms with Crippen LogP contribution in [-0.4, -0.2) is 44.5 Å². The minimum absolute atomic E-state index is 0.0207. The van der Waals surface area contributed by atoms with E-state index in [0.29, 0.717) is 19.5 Å². The van der Waals surface area contributed by atoms with E-state index >= 15 is 0 Å². The number of aliphatic hydroxyl groups is 1. The van der Waals surface area contributed by atoms with Gasteiger partial charge >= 0.3 is 0 Å². The van der Waals surface area contributed by atoms with Crippen molar-refractivity contribution in [3.63, 3.8) is 0 Å². The summed E-state index contributed by atoms with van der Waals surface area (Å²) in [5.74, 6) is -0.493. The van der Waals surface area contributed by atoms with Crippen molar-refractivity contribution in [2.24, 2.45) is 5.92 Å². The van der Waals surface area contributed by atoms with E-state index in [4.69, 9.17) is 0 Å². The summed E-state index contributed by atoms with van der Waals surface area (Å²) < 4.78 is 0. The van der Waals surface area contributed by atoms with Crippen LogP contribution in [-0.2, 0) is 0 Å². The fourth-order valence-corrected chi connectivity index (χ4v) is 3.87. The van der Waals surface area contributed by atoms with E-state index in [1.54, 1.807) is 0 Å². The van der Waals surface area contributed by atoms with E-state index in [9.17, 15) is 30.1 Å². The monoisotopic (exact) mass is 349 g/mol. The Morgan fingerprint density at radius 1 is 1.12 bits per heavy atom. The molecule has 0 radical (unpaired) electrons. The maximum Gasteiger partial charge on any atom is 0.277 e. The Bertz CT molecular complexity index is 704. The van der Waals surface area contributed by atoms with Gasteiger partial charge in [0.2, 0.25) is 0 Å². The molecule has 3 rings (SSSR count). The topological polar surface area (TPSA) is 127 Å². The van der Waals surface area contributed by atoms with Crippen LogP contribution in [0.2, 0.25) is 0 Å². The molecule has 1 amide bonds. The van der Waals surface area contributed by atoms with E-state index in [1.807, 2.05) is 0 Å². The van der Waals surface area contributed by atoms with E-state index in [1.165, 1.54) is 4.90 Å². The number of rotatable bonds is 3. The summed E-state index contributed by atoms with van der Waals surface area (Å²) >= 11 is 0. The Balaban J connectivity index is 1.86. The highest BCUT2D eigenvalue weighted by molar-refractivity contribution is 5.95. The Labute approximate surface area is 143 Å². The maximum atomic E-state index is 12.7. The number of nitro benzene ring substituents is 2. The second kappa shape index (κ2) is 6.40. The highest BCUT2D eigenvalue weighted by Crippen LogP contribution is 2.40. The first-order valence-corrected chi connectivity index (χ1v) is 8.26. The van der Waals surface area contributed by atoms with Crippen LogP contribution in [0.25, 0.3) is 0 Å². The molecule has 1 N–H and O–H groups in total. The highest BCUT2D eigenvalue weighted by atomic mass is 16.6. The lowest BCUT2D eigenvalue weighted by molar-refractivity contribution is -0.394. The second-order valence-electron chi connectivity index (χ2n) is 6.80. The largest absolute Gasteiger partial charge is 0.389 e. The van der Waals surface area contributed by atoms with Crippen LogP contribution in [0.5, 0.6) is 0 Å². The van der Waals surface area contributed by atoms with E-state index in [0.717, 1.165) is 43.9 Å². The summed E-state index contributed by atoms with van der Waals surface area (Å²) in [4.78, 5) is 34.7. The molecule has 134 valence electrons. The fraction of sp³-hybridized carbons (Fsp3) is 0.562. The zero-order valence-corrected chi connectivity index (χ0v) is 13.6. The van der Waals surface area contributed by atoms with Crippen molar-refractivity contribution in [2.45, 2.75) is 37.7 Å². The molecule has 0 aromatic heterocycles. The highest BCUT2D eigenvalue weighted by Gasteiger charge is 2.44. The standard InChI is InChI=1S/C16H19N3O6/c20-15(11-7-13(18(22)23)9-14(8-11)19(24)25)17-6-5-16(21)4-2-1-3-12(16)10-17/h7-9,12,21H,1-6,10H2/t12-,16-/m1/s1. The van der Waals surface area contributed by atoms with Gasteiger partial charge in [0.15, 0.2) is 0 Å². The summed E-state index contributed by atoms with van der Waals surface area (Å²) in [5.41, 5.74) is -1.78. The van der Waals surface area contributed by atoms with Gasteiger partial charge < -0.3 is 10.0 Å². The van der Waals surface area contributed by atoms with Crippen LogP contribution in [0.3, 0.4) is 0 Å². The van der Waals surface area contributed by atoms with Gasteiger partial charge in [0.25, 0.3) is 17.3 Å². The minimum Gasteiger partial charge on any atom is -0.389 e. The Hall–Kier alpha value is -2.55. The second-order valence-corrected chi connectivity index (χ2v) is 6.80. The number of hydrogen-bond donors (Lipinski definition) is 1. The third-order valence-electron chi connectivity index (χ3n) is 5.29. The average molecular weight is 349 g/mol. The van der Waals surface area contributed by atoms with Crippen LogP contribution in [0.4, 0.5) is 11.4 Å². The lowest BCUT2D eigenvalue weighted by Crippen LogP contribution is -2.54. The lowest BCUT2D eigenvalue weighted by atomic mass is 9.71. The SMILES string of the molecule is O=C(c1cc([N+](=O)[O-])cc([N+](=O)[O-])c1)N1CC[C@]2(O)CCCC[C@@H]2C1. The Morgan fingerprint density at radius 3 is 2.36 bits per heavy atom. The maximum absolute atomic E-state index is 12.7. The van der Waals surface area contributed by atoms with Crippen molar-refractivity contribution in [1.82, 2.24) is 4.90 Å². The molecular weight excluding hydrogens is 330 g/mol. The lowest BCUT2D eigenvalue weighted by Gasteiger charge is -2.47. The third kappa shape index (κ3) is 3.32. The van der Waals surface area contributed by atoms with Crippen molar-refractivity contribution in [3.05, 3.63) is 44.0 Å².